The lowest BCUT2D eigenvalue weighted by Gasteiger charge is -2.34. The quantitative estimate of drug-likeness (QED) is 0.350. The van der Waals surface area contributed by atoms with Gasteiger partial charge in [-0.25, -0.2) is 0 Å². The molecule has 0 aliphatic heterocycles. The van der Waals surface area contributed by atoms with E-state index >= 15 is 0 Å². The Morgan fingerprint density at radius 2 is 1.59 bits per heavy atom. The molecule has 0 radical (unpaired) electrons. The first-order valence-electron chi connectivity index (χ1n) is 11.8. The monoisotopic (exact) mass is 559 g/mol. The van der Waals surface area contributed by atoms with Crippen molar-refractivity contribution in [2.45, 2.75) is 70.8 Å². The first kappa shape index (κ1) is 29.3. The maximum absolute atomic E-state index is 13.7. The highest BCUT2D eigenvalue weighted by Gasteiger charge is 2.64. The van der Waals surface area contributed by atoms with E-state index < -0.39 is 46.5 Å². The molecule has 1 fully saturated rings. The summed E-state index contributed by atoms with van der Waals surface area (Å²) in [6.45, 7) is 7.58. The standard InChI is InChI=1S/C27H30Cl2F3NO4/c1-15(27(30,31)32)21(16-6-9-18(28)10-7-16)22(34)33-20-14-17(8-11-19(20)29)25(5,36)26(12-13-26)23(35)37-24(2,3)4/h6-11,14-15,21,36H,12-13H2,1-5H3,(H,33,34)/t15-,21+,25?/m1/s1. The molecule has 2 N–H and O–H groups in total. The predicted octanol–water partition coefficient (Wildman–Crippen LogP) is 7.24. The lowest BCUT2D eigenvalue weighted by atomic mass is 9.79. The largest absolute Gasteiger partial charge is 0.459 e. The van der Waals surface area contributed by atoms with Gasteiger partial charge >= 0.3 is 12.1 Å². The molecule has 0 saturated heterocycles. The van der Waals surface area contributed by atoms with Crippen molar-refractivity contribution in [1.29, 1.82) is 0 Å². The number of alkyl halides is 3. The minimum Gasteiger partial charge on any atom is -0.459 e. The summed E-state index contributed by atoms with van der Waals surface area (Å²) in [4.78, 5) is 26.2. The summed E-state index contributed by atoms with van der Waals surface area (Å²) in [7, 11) is 0. The number of hydrogen-bond donors (Lipinski definition) is 2. The average Bonchev–Trinajstić information content (AvgIpc) is 3.57. The molecular weight excluding hydrogens is 530 g/mol. The third-order valence-corrected chi connectivity index (χ3v) is 7.37. The van der Waals surface area contributed by atoms with Crippen LogP contribution in [0.15, 0.2) is 42.5 Å². The van der Waals surface area contributed by atoms with Gasteiger partial charge in [-0.1, -0.05) is 48.3 Å². The van der Waals surface area contributed by atoms with Gasteiger partial charge in [0.2, 0.25) is 5.91 Å². The summed E-state index contributed by atoms with van der Waals surface area (Å²) in [5.41, 5.74) is -3.22. The minimum atomic E-state index is -4.65. The van der Waals surface area contributed by atoms with E-state index in [1.165, 1.54) is 49.4 Å². The zero-order valence-corrected chi connectivity index (χ0v) is 22.7. The van der Waals surface area contributed by atoms with Crippen LogP contribution in [0.5, 0.6) is 0 Å². The molecule has 3 atom stereocenters. The minimum absolute atomic E-state index is 0.0118. The van der Waals surface area contributed by atoms with E-state index in [9.17, 15) is 27.9 Å². The second kappa shape index (κ2) is 10.1. The highest BCUT2D eigenvalue weighted by atomic mass is 35.5. The van der Waals surface area contributed by atoms with Crippen molar-refractivity contribution in [3.05, 3.63) is 63.6 Å². The molecule has 202 valence electrons. The maximum atomic E-state index is 13.7. The number of amides is 1. The second-order valence-electron chi connectivity index (χ2n) is 10.7. The Labute approximate surface area is 224 Å². The van der Waals surface area contributed by atoms with Crippen LogP contribution in [-0.4, -0.2) is 28.8 Å². The molecular formula is C27H30Cl2F3NO4. The fourth-order valence-electron chi connectivity index (χ4n) is 4.33. The van der Waals surface area contributed by atoms with Crippen molar-refractivity contribution in [3.63, 3.8) is 0 Å². The number of benzene rings is 2. The number of rotatable bonds is 7. The maximum Gasteiger partial charge on any atom is 0.392 e. The topological polar surface area (TPSA) is 75.6 Å². The number of nitrogens with one attached hydrogen (secondary N) is 1. The number of hydrogen-bond acceptors (Lipinski definition) is 4. The summed E-state index contributed by atoms with van der Waals surface area (Å²) in [5.74, 6) is -5.08. The van der Waals surface area contributed by atoms with Crippen LogP contribution >= 0.6 is 23.2 Å². The van der Waals surface area contributed by atoms with Crippen molar-refractivity contribution >= 4 is 40.8 Å². The van der Waals surface area contributed by atoms with Crippen LogP contribution in [0.25, 0.3) is 0 Å². The third kappa shape index (κ3) is 6.24. The van der Waals surface area contributed by atoms with Crippen molar-refractivity contribution in [2.24, 2.45) is 11.3 Å². The molecule has 1 aliphatic carbocycles. The first-order valence-corrected chi connectivity index (χ1v) is 12.5. The van der Waals surface area contributed by atoms with E-state index in [1.807, 2.05) is 0 Å². The number of halogens is 5. The van der Waals surface area contributed by atoms with Crippen LogP contribution in [0, 0.1) is 11.3 Å². The van der Waals surface area contributed by atoms with Crippen LogP contribution < -0.4 is 5.32 Å². The number of anilines is 1. The van der Waals surface area contributed by atoms with Gasteiger partial charge in [0.1, 0.15) is 16.6 Å². The normalized spacial score (nSPS) is 18.4. The Morgan fingerprint density at radius 3 is 2.08 bits per heavy atom. The molecule has 0 aromatic heterocycles. The molecule has 3 rings (SSSR count). The van der Waals surface area contributed by atoms with E-state index in [2.05, 4.69) is 5.32 Å². The summed E-state index contributed by atoms with van der Waals surface area (Å²) in [6, 6.07) is 9.87. The Hall–Kier alpha value is -2.29. The second-order valence-corrected chi connectivity index (χ2v) is 11.5. The van der Waals surface area contributed by atoms with Crippen LogP contribution in [0.3, 0.4) is 0 Å². The summed E-state index contributed by atoms with van der Waals surface area (Å²) >= 11 is 12.2. The van der Waals surface area contributed by atoms with E-state index in [0.29, 0.717) is 17.9 Å². The SMILES string of the molecule is C[C@H]([C@H](C(=O)Nc1cc(C(C)(O)C2(C(=O)OC(C)(C)C)CC2)ccc1Cl)c1ccc(Cl)cc1)C(F)(F)F. The molecule has 0 bridgehead atoms. The van der Waals surface area contributed by atoms with E-state index in [-0.39, 0.29) is 21.8 Å². The van der Waals surface area contributed by atoms with E-state index in [1.54, 1.807) is 20.8 Å². The molecule has 0 heterocycles. The predicted molar refractivity (Wildman–Crippen MR) is 137 cm³/mol. The number of carbonyl (C=O) groups excluding carboxylic acids is 2. The summed E-state index contributed by atoms with van der Waals surface area (Å²) in [6.07, 6.45) is -3.87. The molecule has 10 heteroatoms. The van der Waals surface area contributed by atoms with Gasteiger partial charge in [0, 0.05) is 5.02 Å². The van der Waals surface area contributed by atoms with Crippen molar-refractivity contribution < 1.29 is 32.6 Å². The van der Waals surface area contributed by atoms with Gasteiger partial charge in [0.05, 0.1) is 22.5 Å². The molecule has 5 nitrogen and oxygen atoms in total. The zero-order valence-electron chi connectivity index (χ0n) is 21.2. The number of aliphatic hydroxyl groups is 1. The number of esters is 1. The Kier molecular flexibility index (Phi) is 8.00. The van der Waals surface area contributed by atoms with Gasteiger partial charge in [-0.3, -0.25) is 9.59 Å². The molecule has 2 aromatic rings. The fraction of sp³-hybridized carbons (Fsp3) is 0.481. The molecule has 1 unspecified atom stereocenters. The average molecular weight is 560 g/mol. The Bertz CT molecular complexity index is 1170. The molecule has 1 aliphatic rings. The van der Waals surface area contributed by atoms with Crippen LogP contribution in [0.4, 0.5) is 18.9 Å². The smallest absolute Gasteiger partial charge is 0.392 e. The van der Waals surface area contributed by atoms with Gasteiger partial charge in [-0.15, -0.1) is 0 Å². The lowest BCUT2D eigenvalue weighted by molar-refractivity contribution is -0.178. The molecule has 2 aromatic carbocycles. The molecule has 37 heavy (non-hydrogen) atoms. The lowest BCUT2D eigenvalue weighted by Crippen LogP contribution is -2.42. The van der Waals surface area contributed by atoms with Gasteiger partial charge in [0.15, 0.2) is 0 Å². The highest BCUT2D eigenvalue weighted by molar-refractivity contribution is 6.33. The van der Waals surface area contributed by atoms with Gasteiger partial charge in [-0.05, 0) is 75.9 Å². The van der Waals surface area contributed by atoms with Crippen molar-refractivity contribution in [1.82, 2.24) is 0 Å². The van der Waals surface area contributed by atoms with E-state index in [0.717, 1.165) is 6.92 Å². The van der Waals surface area contributed by atoms with Crippen LogP contribution in [0.2, 0.25) is 10.0 Å². The molecule has 1 saturated carbocycles. The molecule has 0 spiro atoms. The zero-order chi connectivity index (χ0) is 28.0. The fourth-order valence-corrected chi connectivity index (χ4v) is 4.62. The van der Waals surface area contributed by atoms with Gasteiger partial charge in [-0.2, -0.15) is 13.2 Å². The van der Waals surface area contributed by atoms with Crippen LogP contribution in [-0.2, 0) is 19.9 Å². The summed E-state index contributed by atoms with van der Waals surface area (Å²) < 4.78 is 46.6. The van der Waals surface area contributed by atoms with Crippen molar-refractivity contribution in [3.8, 4) is 0 Å². The van der Waals surface area contributed by atoms with Gasteiger partial charge in [0.25, 0.3) is 0 Å². The first-order chi connectivity index (χ1) is 16.9. The number of ether oxygens (including phenoxy) is 1. The molecule has 1 amide bonds. The Balaban J connectivity index is 1.95. The van der Waals surface area contributed by atoms with Gasteiger partial charge < -0.3 is 15.2 Å². The van der Waals surface area contributed by atoms with Crippen LogP contribution in [0.1, 0.15) is 64.5 Å². The van der Waals surface area contributed by atoms with Crippen molar-refractivity contribution in [2.75, 3.05) is 5.32 Å². The highest BCUT2D eigenvalue weighted by Crippen LogP contribution is 2.59. The Morgan fingerprint density at radius 1 is 1.03 bits per heavy atom. The summed E-state index contributed by atoms with van der Waals surface area (Å²) in [5, 5.41) is 14.4. The van der Waals surface area contributed by atoms with E-state index in [4.69, 9.17) is 27.9 Å². The number of carbonyl (C=O) groups is 2. The third-order valence-electron chi connectivity index (χ3n) is 6.79.